The van der Waals surface area contributed by atoms with Gasteiger partial charge in [0, 0.05) is 0 Å². The smallest absolute Gasteiger partial charge is 0.0548 e. The molecule has 1 N–H and O–H groups in total. The minimum Gasteiger partial charge on any atom is -0.393 e. The standard InChI is InChI=1S/C22H38O/c1-14-13-19-17-9-8-16-7-5-6-11-21(16,3)18(17)10-12-22(19,4)20(14)15(2)23/h14-20,23H,5-13H2,1-4H3/t14-,15-,16-,17-,18+,19+,20-,21+,22+/m1/s1. The molecule has 23 heavy (non-hydrogen) atoms. The van der Waals surface area contributed by atoms with Crippen molar-refractivity contribution in [2.75, 3.05) is 0 Å². The Bertz CT molecular complexity index is 457. The van der Waals surface area contributed by atoms with E-state index in [0.29, 0.717) is 22.7 Å². The van der Waals surface area contributed by atoms with Gasteiger partial charge in [-0.1, -0.05) is 33.6 Å². The fourth-order valence-corrected chi connectivity index (χ4v) is 8.72. The SMILES string of the molecule is C[C@@H]1C[C@H]2[C@@H]3CC[C@H]4CCCC[C@]4(C)[C@H]3CC[C@]2(C)[C@H]1[C@@H](C)O. The van der Waals surface area contributed by atoms with Gasteiger partial charge in [0.25, 0.3) is 0 Å². The van der Waals surface area contributed by atoms with E-state index in [2.05, 4.69) is 27.7 Å². The van der Waals surface area contributed by atoms with Crippen LogP contribution in [0.5, 0.6) is 0 Å². The summed E-state index contributed by atoms with van der Waals surface area (Å²) >= 11 is 0. The number of aliphatic hydroxyl groups excluding tert-OH is 1. The molecule has 0 unspecified atom stereocenters. The van der Waals surface area contributed by atoms with Crippen LogP contribution in [0.1, 0.15) is 85.5 Å². The van der Waals surface area contributed by atoms with E-state index in [1.54, 1.807) is 0 Å². The van der Waals surface area contributed by atoms with Gasteiger partial charge < -0.3 is 5.11 Å². The van der Waals surface area contributed by atoms with Gasteiger partial charge in [0.2, 0.25) is 0 Å². The molecule has 0 aromatic carbocycles. The minimum absolute atomic E-state index is 0.127. The molecule has 4 aliphatic carbocycles. The Balaban J connectivity index is 1.64. The van der Waals surface area contributed by atoms with Crippen LogP contribution in [0.15, 0.2) is 0 Å². The number of fused-ring (bicyclic) bond motifs is 5. The maximum absolute atomic E-state index is 10.5. The zero-order valence-corrected chi connectivity index (χ0v) is 15.9. The van der Waals surface area contributed by atoms with Crippen LogP contribution >= 0.6 is 0 Å². The van der Waals surface area contributed by atoms with E-state index in [0.717, 1.165) is 23.7 Å². The van der Waals surface area contributed by atoms with Crippen molar-refractivity contribution in [3.05, 3.63) is 0 Å². The zero-order chi connectivity index (χ0) is 16.4. The van der Waals surface area contributed by atoms with Gasteiger partial charge in [0.15, 0.2) is 0 Å². The van der Waals surface area contributed by atoms with Crippen LogP contribution in [0.3, 0.4) is 0 Å². The summed E-state index contributed by atoms with van der Waals surface area (Å²) in [6.45, 7) is 9.69. The molecule has 0 heterocycles. The quantitative estimate of drug-likeness (QED) is 0.661. The molecular weight excluding hydrogens is 280 g/mol. The first-order chi connectivity index (χ1) is 10.9. The van der Waals surface area contributed by atoms with Crippen LogP contribution in [0.4, 0.5) is 0 Å². The lowest BCUT2D eigenvalue weighted by molar-refractivity contribution is -0.119. The summed E-state index contributed by atoms with van der Waals surface area (Å²) in [6, 6.07) is 0. The molecule has 132 valence electrons. The average Bonchev–Trinajstić information content (AvgIpc) is 2.77. The summed E-state index contributed by atoms with van der Waals surface area (Å²) in [6.07, 6.45) is 13.0. The highest BCUT2D eigenvalue weighted by Gasteiger charge is 2.61. The first-order valence-corrected chi connectivity index (χ1v) is 10.6. The molecular formula is C22H38O. The molecule has 4 saturated carbocycles. The molecule has 0 aromatic rings. The Morgan fingerprint density at radius 2 is 1.70 bits per heavy atom. The normalized spacial score (nSPS) is 57.3. The Kier molecular flexibility index (Phi) is 3.91. The molecule has 0 spiro atoms. The summed E-state index contributed by atoms with van der Waals surface area (Å²) in [7, 11) is 0. The summed E-state index contributed by atoms with van der Waals surface area (Å²) in [5, 5.41) is 10.5. The lowest BCUT2D eigenvalue weighted by Crippen LogP contribution is -2.53. The van der Waals surface area contributed by atoms with E-state index in [1.807, 2.05) is 0 Å². The molecule has 1 heteroatoms. The van der Waals surface area contributed by atoms with Crippen LogP contribution in [-0.4, -0.2) is 11.2 Å². The molecule has 0 aliphatic heterocycles. The molecule has 0 amide bonds. The topological polar surface area (TPSA) is 20.2 Å². The number of hydrogen-bond acceptors (Lipinski definition) is 1. The van der Waals surface area contributed by atoms with Crippen LogP contribution in [0, 0.1) is 46.3 Å². The van der Waals surface area contributed by atoms with Crippen LogP contribution < -0.4 is 0 Å². The fourth-order valence-electron chi connectivity index (χ4n) is 8.72. The van der Waals surface area contributed by atoms with Crippen molar-refractivity contribution in [1.29, 1.82) is 0 Å². The summed E-state index contributed by atoms with van der Waals surface area (Å²) < 4.78 is 0. The van der Waals surface area contributed by atoms with Gasteiger partial charge in [-0.2, -0.15) is 0 Å². The molecule has 0 aromatic heterocycles. The third-order valence-corrected chi connectivity index (χ3v) is 9.54. The Morgan fingerprint density at radius 1 is 0.913 bits per heavy atom. The van der Waals surface area contributed by atoms with E-state index in [1.165, 1.54) is 57.8 Å². The molecule has 0 bridgehead atoms. The van der Waals surface area contributed by atoms with Gasteiger partial charge in [-0.05, 0) is 98.2 Å². The zero-order valence-electron chi connectivity index (χ0n) is 15.9. The van der Waals surface area contributed by atoms with E-state index in [-0.39, 0.29) is 6.10 Å². The number of aliphatic hydroxyl groups is 1. The molecule has 4 aliphatic rings. The Labute approximate surface area is 143 Å². The van der Waals surface area contributed by atoms with Gasteiger partial charge in [-0.3, -0.25) is 0 Å². The van der Waals surface area contributed by atoms with Crippen LogP contribution in [-0.2, 0) is 0 Å². The second kappa shape index (κ2) is 5.48. The highest BCUT2D eigenvalue weighted by Crippen LogP contribution is 2.68. The predicted octanol–water partition coefficient (Wildman–Crippen LogP) is 5.66. The highest BCUT2D eigenvalue weighted by molar-refractivity contribution is 5.10. The van der Waals surface area contributed by atoms with E-state index < -0.39 is 0 Å². The van der Waals surface area contributed by atoms with Gasteiger partial charge in [-0.15, -0.1) is 0 Å². The van der Waals surface area contributed by atoms with E-state index >= 15 is 0 Å². The first-order valence-electron chi connectivity index (χ1n) is 10.6. The minimum atomic E-state index is -0.127. The van der Waals surface area contributed by atoms with E-state index in [9.17, 15) is 5.11 Å². The van der Waals surface area contributed by atoms with Crippen LogP contribution in [0.25, 0.3) is 0 Å². The fraction of sp³-hybridized carbons (Fsp3) is 1.00. The average molecular weight is 319 g/mol. The molecule has 4 rings (SSSR count). The lowest BCUT2D eigenvalue weighted by atomic mass is 9.45. The lowest BCUT2D eigenvalue weighted by Gasteiger charge is -2.60. The summed E-state index contributed by atoms with van der Waals surface area (Å²) in [5.74, 6) is 5.09. The molecule has 1 nitrogen and oxygen atoms in total. The molecule has 0 radical (unpaired) electrons. The Morgan fingerprint density at radius 3 is 2.43 bits per heavy atom. The van der Waals surface area contributed by atoms with Gasteiger partial charge in [-0.25, -0.2) is 0 Å². The van der Waals surface area contributed by atoms with Crippen molar-refractivity contribution in [3.8, 4) is 0 Å². The Hall–Kier alpha value is -0.0400. The molecule has 9 atom stereocenters. The molecule has 0 saturated heterocycles. The van der Waals surface area contributed by atoms with Crippen molar-refractivity contribution in [3.63, 3.8) is 0 Å². The van der Waals surface area contributed by atoms with Gasteiger partial charge in [0.05, 0.1) is 6.10 Å². The maximum Gasteiger partial charge on any atom is 0.0548 e. The number of hydrogen-bond donors (Lipinski definition) is 1. The summed E-state index contributed by atoms with van der Waals surface area (Å²) in [5.41, 5.74) is 1.06. The number of rotatable bonds is 1. The largest absolute Gasteiger partial charge is 0.393 e. The van der Waals surface area contributed by atoms with Crippen molar-refractivity contribution >= 4 is 0 Å². The maximum atomic E-state index is 10.5. The van der Waals surface area contributed by atoms with Crippen molar-refractivity contribution in [2.24, 2.45) is 46.3 Å². The summed E-state index contributed by atoms with van der Waals surface area (Å²) in [4.78, 5) is 0. The highest BCUT2D eigenvalue weighted by atomic mass is 16.3. The third-order valence-electron chi connectivity index (χ3n) is 9.54. The third kappa shape index (κ3) is 2.21. The molecule has 4 fully saturated rings. The second-order valence-electron chi connectivity index (χ2n) is 10.4. The second-order valence-corrected chi connectivity index (χ2v) is 10.4. The predicted molar refractivity (Wildman–Crippen MR) is 96.1 cm³/mol. The van der Waals surface area contributed by atoms with Crippen LogP contribution in [0.2, 0.25) is 0 Å². The van der Waals surface area contributed by atoms with Crippen molar-refractivity contribution < 1.29 is 5.11 Å². The van der Waals surface area contributed by atoms with Gasteiger partial charge in [0.1, 0.15) is 0 Å². The van der Waals surface area contributed by atoms with Crippen molar-refractivity contribution in [1.82, 2.24) is 0 Å². The monoisotopic (exact) mass is 318 g/mol. The van der Waals surface area contributed by atoms with E-state index in [4.69, 9.17) is 0 Å². The van der Waals surface area contributed by atoms with Gasteiger partial charge >= 0.3 is 0 Å². The van der Waals surface area contributed by atoms with Crippen molar-refractivity contribution in [2.45, 2.75) is 91.6 Å². The first kappa shape index (κ1) is 16.4.